The van der Waals surface area contributed by atoms with E-state index < -0.39 is 17.6 Å². The third-order valence-electron chi connectivity index (χ3n) is 2.21. The summed E-state index contributed by atoms with van der Waals surface area (Å²) >= 11 is 4.65. The van der Waals surface area contributed by atoms with Crippen LogP contribution in [0, 0.1) is 4.77 Å². The number of hydrogen-bond donors (Lipinski definition) is 5. The molecule has 0 aliphatic heterocycles. The van der Waals surface area contributed by atoms with Crippen molar-refractivity contribution >= 4 is 18.2 Å². The van der Waals surface area contributed by atoms with Crippen molar-refractivity contribution in [2.75, 3.05) is 0 Å². The second-order valence-corrected chi connectivity index (χ2v) is 3.89. The Morgan fingerprint density at radius 3 is 2.59 bits per heavy atom. The van der Waals surface area contributed by atoms with Crippen LogP contribution in [0.4, 0.5) is 0 Å². The highest BCUT2D eigenvalue weighted by atomic mass is 32.1. The van der Waals surface area contributed by atoms with Crippen LogP contribution in [-0.4, -0.2) is 37.4 Å². The van der Waals surface area contributed by atoms with Crippen molar-refractivity contribution in [2.24, 2.45) is 0 Å². The zero-order valence-corrected chi connectivity index (χ0v) is 9.58. The predicted molar refractivity (Wildman–Crippen MR) is 60.5 cm³/mol. The van der Waals surface area contributed by atoms with Gasteiger partial charge in [0.05, 0.1) is 5.56 Å². The van der Waals surface area contributed by atoms with Crippen LogP contribution in [0.1, 0.15) is 18.4 Å². The lowest BCUT2D eigenvalue weighted by atomic mass is 10.1. The minimum Gasteiger partial charge on any atom is -0.494 e. The van der Waals surface area contributed by atoms with Crippen molar-refractivity contribution < 1.29 is 20.1 Å². The lowest BCUT2D eigenvalue weighted by Crippen LogP contribution is -2.20. The van der Waals surface area contributed by atoms with E-state index in [1.165, 1.54) is 0 Å². The molecule has 7 nitrogen and oxygen atoms in total. The number of aliphatic hydroxyl groups excluding tert-OH is 1. The second-order valence-electron chi connectivity index (χ2n) is 3.48. The van der Waals surface area contributed by atoms with E-state index in [9.17, 15) is 14.7 Å². The van der Waals surface area contributed by atoms with Gasteiger partial charge >= 0.3 is 5.97 Å². The fourth-order valence-electron chi connectivity index (χ4n) is 1.33. The van der Waals surface area contributed by atoms with Crippen molar-refractivity contribution in [2.45, 2.75) is 25.4 Å². The highest BCUT2D eigenvalue weighted by molar-refractivity contribution is 7.71. The number of H-pyrrole nitrogens is 2. The SMILES string of the molecule is O=C(O)C(O)CCCc1c(O)[nH]c(=S)[nH]c1=O. The van der Waals surface area contributed by atoms with Crippen LogP contribution in [0.2, 0.25) is 0 Å². The minimum atomic E-state index is -1.46. The van der Waals surface area contributed by atoms with Gasteiger partial charge in [-0.15, -0.1) is 0 Å². The first kappa shape index (κ1) is 13.4. The van der Waals surface area contributed by atoms with Crippen LogP contribution in [0.5, 0.6) is 5.88 Å². The summed E-state index contributed by atoms with van der Waals surface area (Å²) in [5.41, 5.74) is -0.424. The lowest BCUT2D eigenvalue weighted by Gasteiger charge is -2.05. The Hall–Kier alpha value is -1.67. The number of rotatable bonds is 5. The zero-order chi connectivity index (χ0) is 13.0. The maximum absolute atomic E-state index is 11.4. The molecule has 8 heteroatoms. The molecule has 1 atom stereocenters. The van der Waals surface area contributed by atoms with Crippen LogP contribution in [0.25, 0.3) is 0 Å². The van der Waals surface area contributed by atoms with Gasteiger partial charge < -0.3 is 20.3 Å². The number of carboxylic acids is 1. The summed E-state index contributed by atoms with van der Waals surface area (Å²) in [5, 5.41) is 26.9. The summed E-state index contributed by atoms with van der Waals surface area (Å²) in [6, 6.07) is 0. The van der Waals surface area contributed by atoms with Crippen molar-refractivity contribution in [3.63, 3.8) is 0 Å². The number of hydrogen-bond acceptors (Lipinski definition) is 5. The molecule has 1 aromatic rings. The molecule has 1 unspecified atom stereocenters. The van der Waals surface area contributed by atoms with Crippen LogP contribution >= 0.6 is 12.2 Å². The van der Waals surface area contributed by atoms with Gasteiger partial charge in [-0.3, -0.25) is 9.78 Å². The number of aliphatic carboxylic acids is 1. The molecule has 0 aliphatic carbocycles. The molecule has 1 heterocycles. The zero-order valence-electron chi connectivity index (χ0n) is 8.77. The number of carboxylic acid groups (broad SMARTS) is 1. The monoisotopic (exact) mass is 260 g/mol. The average Bonchev–Trinajstić information content (AvgIpc) is 2.21. The van der Waals surface area contributed by atoms with Crippen molar-refractivity contribution in [1.29, 1.82) is 0 Å². The van der Waals surface area contributed by atoms with Crippen LogP contribution in [0.3, 0.4) is 0 Å². The van der Waals surface area contributed by atoms with Gasteiger partial charge in [-0.05, 0) is 31.5 Å². The normalized spacial score (nSPS) is 12.3. The Morgan fingerprint density at radius 2 is 2.06 bits per heavy atom. The van der Waals surface area contributed by atoms with Crippen LogP contribution in [0.15, 0.2) is 4.79 Å². The van der Waals surface area contributed by atoms with Gasteiger partial charge in [-0.2, -0.15) is 0 Å². The molecule has 0 amide bonds. The third-order valence-corrected chi connectivity index (χ3v) is 2.41. The highest BCUT2D eigenvalue weighted by Crippen LogP contribution is 2.11. The Labute approximate surface area is 101 Å². The maximum atomic E-state index is 11.4. The van der Waals surface area contributed by atoms with Gasteiger partial charge in [0, 0.05) is 0 Å². The lowest BCUT2D eigenvalue weighted by molar-refractivity contribution is -0.146. The van der Waals surface area contributed by atoms with Crippen LogP contribution < -0.4 is 5.56 Å². The molecular weight excluding hydrogens is 248 g/mol. The number of aromatic amines is 2. The molecule has 94 valence electrons. The van der Waals surface area contributed by atoms with E-state index >= 15 is 0 Å². The first-order chi connectivity index (χ1) is 7.91. The van der Waals surface area contributed by atoms with Gasteiger partial charge in [0.1, 0.15) is 0 Å². The van der Waals surface area contributed by atoms with E-state index in [2.05, 4.69) is 22.2 Å². The third kappa shape index (κ3) is 3.68. The number of carbonyl (C=O) groups is 1. The van der Waals surface area contributed by atoms with Crippen molar-refractivity contribution in [3.05, 3.63) is 20.7 Å². The molecule has 1 rings (SSSR count). The van der Waals surface area contributed by atoms with Crippen LogP contribution in [-0.2, 0) is 11.2 Å². The summed E-state index contributed by atoms with van der Waals surface area (Å²) in [4.78, 5) is 26.4. The number of aliphatic hydroxyl groups is 1. The standard InChI is InChI=1S/C9H12N2O5S/c12-5(8(15)16)3-1-2-4-6(13)10-9(17)11-7(4)14/h5,12H,1-3H2,(H,15,16)(H3,10,11,13,14,17). The predicted octanol–water partition coefficient (Wildman–Crippen LogP) is -0.0937. The summed E-state index contributed by atoms with van der Waals surface area (Å²) in [6.07, 6.45) is -1.05. The fourth-order valence-corrected chi connectivity index (χ4v) is 1.52. The topological polar surface area (TPSA) is 126 Å². The summed E-state index contributed by atoms with van der Waals surface area (Å²) < 4.78 is 0.0156. The van der Waals surface area contributed by atoms with Crippen molar-refractivity contribution in [3.8, 4) is 5.88 Å². The van der Waals surface area contributed by atoms with Gasteiger partial charge in [0.25, 0.3) is 5.56 Å². The Kier molecular flexibility index (Phi) is 4.41. The Balaban J connectivity index is 2.68. The molecule has 17 heavy (non-hydrogen) atoms. The minimum absolute atomic E-state index is 0.00381. The van der Waals surface area contributed by atoms with E-state index in [0.29, 0.717) is 0 Å². The van der Waals surface area contributed by atoms with Gasteiger partial charge in [-0.25, -0.2) is 4.79 Å². The molecule has 0 bridgehead atoms. The summed E-state index contributed by atoms with van der Waals surface area (Å²) in [5.74, 6) is -1.64. The number of nitrogens with one attached hydrogen (secondary N) is 2. The Morgan fingerprint density at radius 1 is 1.41 bits per heavy atom. The van der Waals surface area contributed by atoms with E-state index in [4.69, 9.17) is 10.2 Å². The largest absolute Gasteiger partial charge is 0.494 e. The Bertz CT molecular complexity index is 521. The molecule has 0 fully saturated rings. The first-order valence-electron chi connectivity index (χ1n) is 4.87. The molecule has 5 N–H and O–H groups in total. The quantitative estimate of drug-likeness (QED) is 0.471. The molecule has 0 spiro atoms. The van der Waals surface area contributed by atoms with Gasteiger partial charge in [-0.1, -0.05) is 0 Å². The van der Waals surface area contributed by atoms with E-state index in [0.717, 1.165) is 0 Å². The molecular formula is C9H12N2O5S. The van der Waals surface area contributed by atoms with Gasteiger partial charge in [0.2, 0.25) is 0 Å². The summed E-state index contributed by atoms with van der Waals surface area (Å²) in [6.45, 7) is 0. The highest BCUT2D eigenvalue weighted by Gasteiger charge is 2.14. The van der Waals surface area contributed by atoms with E-state index in [1.54, 1.807) is 0 Å². The molecule has 0 aromatic carbocycles. The number of aromatic nitrogens is 2. The molecule has 0 radical (unpaired) electrons. The average molecular weight is 260 g/mol. The first-order valence-corrected chi connectivity index (χ1v) is 5.28. The number of aromatic hydroxyl groups is 1. The fraction of sp³-hybridized carbons (Fsp3) is 0.444. The smallest absolute Gasteiger partial charge is 0.332 e. The second kappa shape index (κ2) is 5.60. The van der Waals surface area contributed by atoms with Crippen molar-refractivity contribution in [1.82, 2.24) is 9.97 Å². The van der Waals surface area contributed by atoms with E-state index in [1.807, 2.05) is 0 Å². The van der Waals surface area contributed by atoms with Gasteiger partial charge in [0.15, 0.2) is 16.8 Å². The molecule has 0 aliphatic rings. The summed E-state index contributed by atoms with van der Waals surface area (Å²) in [7, 11) is 0. The maximum Gasteiger partial charge on any atom is 0.332 e. The molecule has 1 aromatic heterocycles. The van der Waals surface area contributed by atoms with E-state index in [-0.39, 0.29) is 35.5 Å². The molecule has 0 saturated carbocycles. The molecule has 0 saturated heterocycles.